The molecule has 0 spiro atoms. The SMILES string of the molecule is CCCCCC(=O)Nc1cccc(NC(=O)c2ccc(OCCc3ccccc3)cc2)c1. The summed E-state index contributed by atoms with van der Waals surface area (Å²) in [5, 5.41) is 5.76. The van der Waals surface area contributed by atoms with Crippen LogP contribution >= 0.6 is 0 Å². The van der Waals surface area contributed by atoms with Gasteiger partial charge in [-0.3, -0.25) is 9.59 Å². The number of hydrogen-bond donors (Lipinski definition) is 2. The van der Waals surface area contributed by atoms with Crippen molar-refractivity contribution in [1.29, 1.82) is 0 Å². The van der Waals surface area contributed by atoms with Crippen LogP contribution in [0.1, 0.15) is 48.5 Å². The van der Waals surface area contributed by atoms with Crippen molar-refractivity contribution < 1.29 is 14.3 Å². The van der Waals surface area contributed by atoms with Gasteiger partial charge >= 0.3 is 0 Å². The van der Waals surface area contributed by atoms with Gasteiger partial charge in [0.15, 0.2) is 0 Å². The molecule has 5 heteroatoms. The van der Waals surface area contributed by atoms with Crippen LogP contribution in [-0.2, 0) is 11.2 Å². The molecule has 0 unspecified atom stereocenters. The van der Waals surface area contributed by atoms with E-state index in [1.807, 2.05) is 24.3 Å². The molecule has 0 aliphatic carbocycles. The lowest BCUT2D eigenvalue weighted by atomic mass is 10.1. The highest BCUT2D eigenvalue weighted by Crippen LogP contribution is 2.18. The van der Waals surface area contributed by atoms with E-state index in [1.165, 1.54) is 5.56 Å². The average Bonchev–Trinajstić information content (AvgIpc) is 2.80. The molecule has 3 rings (SSSR count). The van der Waals surface area contributed by atoms with Gasteiger partial charge in [0.25, 0.3) is 5.91 Å². The Balaban J connectivity index is 1.49. The van der Waals surface area contributed by atoms with Crippen molar-refractivity contribution in [3.8, 4) is 5.75 Å². The van der Waals surface area contributed by atoms with Crippen LogP contribution in [0, 0.1) is 0 Å². The second-order valence-electron chi connectivity index (χ2n) is 7.65. The molecule has 5 nitrogen and oxygen atoms in total. The molecular formula is C27H30N2O3. The Kier molecular flexibility index (Phi) is 8.87. The first-order valence-corrected chi connectivity index (χ1v) is 11.1. The van der Waals surface area contributed by atoms with Gasteiger partial charge in [0.1, 0.15) is 5.75 Å². The summed E-state index contributed by atoms with van der Waals surface area (Å²) < 4.78 is 5.78. The maximum Gasteiger partial charge on any atom is 0.255 e. The number of rotatable bonds is 11. The molecular weight excluding hydrogens is 400 g/mol. The molecule has 0 bridgehead atoms. The van der Waals surface area contributed by atoms with E-state index >= 15 is 0 Å². The second kappa shape index (κ2) is 12.3. The second-order valence-corrected chi connectivity index (χ2v) is 7.65. The number of unbranched alkanes of at least 4 members (excludes halogenated alkanes) is 2. The lowest BCUT2D eigenvalue weighted by Gasteiger charge is -2.10. The zero-order valence-electron chi connectivity index (χ0n) is 18.5. The number of anilines is 2. The van der Waals surface area contributed by atoms with E-state index in [1.54, 1.807) is 42.5 Å². The van der Waals surface area contributed by atoms with Crippen molar-refractivity contribution in [3.05, 3.63) is 90.0 Å². The van der Waals surface area contributed by atoms with Crippen molar-refractivity contribution in [2.75, 3.05) is 17.2 Å². The van der Waals surface area contributed by atoms with Gasteiger partial charge in [-0.15, -0.1) is 0 Å². The standard InChI is InChI=1S/C27H30N2O3/c1-2-3-5-13-26(30)28-23-11-8-12-24(20-23)29-27(31)22-14-16-25(17-15-22)32-19-18-21-9-6-4-7-10-21/h4,6-12,14-17,20H,2-3,5,13,18-19H2,1H3,(H,28,30)(H,29,31). The first kappa shape index (κ1) is 23.1. The van der Waals surface area contributed by atoms with Crippen LogP contribution in [0.3, 0.4) is 0 Å². The Hall–Kier alpha value is -3.60. The molecule has 0 saturated heterocycles. The first-order valence-electron chi connectivity index (χ1n) is 11.1. The van der Waals surface area contributed by atoms with E-state index in [0.717, 1.165) is 31.4 Å². The molecule has 0 aliphatic rings. The number of benzene rings is 3. The topological polar surface area (TPSA) is 67.4 Å². The van der Waals surface area contributed by atoms with Gasteiger partial charge in [-0.05, 0) is 54.4 Å². The molecule has 0 saturated carbocycles. The van der Waals surface area contributed by atoms with Crippen LogP contribution in [0.4, 0.5) is 11.4 Å². The Labute approximate surface area is 189 Å². The molecule has 166 valence electrons. The van der Waals surface area contributed by atoms with E-state index < -0.39 is 0 Å². The molecule has 0 aliphatic heterocycles. The normalized spacial score (nSPS) is 10.4. The largest absolute Gasteiger partial charge is 0.493 e. The summed E-state index contributed by atoms with van der Waals surface area (Å²) in [7, 11) is 0. The minimum Gasteiger partial charge on any atom is -0.493 e. The summed E-state index contributed by atoms with van der Waals surface area (Å²) in [4.78, 5) is 24.6. The van der Waals surface area contributed by atoms with Crippen LogP contribution in [0.2, 0.25) is 0 Å². The predicted molar refractivity (Wildman–Crippen MR) is 129 cm³/mol. The van der Waals surface area contributed by atoms with Gasteiger partial charge in [-0.1, -0.05) is 56.2 Å². The van der Waals surface area contributed by atoms with Gasteiger partial charge in [-0.2, -0.15) is 0 Å². The van der Waals surface area contributed by atoms with E-state index in [9.17, 15) is 9.59 Å². The number of carbonyl (C=O) groups is 2. The monoisotopic (exact) mass is 430 g/mol. The highest BCUT2D eigenvalue weighted by molar-refractivity contribution is 6.04. The summed E-state index contributed by atoms with van der Waals surface area (Å²) >= 11 is 0. The molecule has 0 heterocycles. The quantitative estimate of drug-likeness (QED) is 0.362. The van der Waals surface area contributed by atoms with Crippen LogP contribution in [-0.4, -0.2) is 18.4 Å². The molecule has 3 aromatic carbocycles. The molecule has 0 atom stereocenters. The van der Waals surface area contributed by atoms with E-state index in [2.05, 4.69) is 29.7 Å². The van der Waals surface area contributed by atoms with Gasteiger partial charge in [0.2, 0.25) is 5.91 Å². The van der Waals surface area contributed by atoms with Gasteiger partial charge in [-0.25, -0.2) is 0 Å². The van der Waals surface area contributed by atoms with E-state index in [0.29, 0.717) is 30.0 Å². The minimum atomic E-state index is -0.216. The van der Waals surface area contributed by atoms with Crippen molar-refractivity contribution in [3.63, 3.8) is 0 Å². The third-order valence-electron chi connectivity index (χ3n) is 5.03. The van der Waals surface area contributed by atoms with E-state index in [4.69, 9.17) is 4.74 Å². The number of carbonyl (C=O) groups excluding carboxylic acids is 2. The molecule has 0 radical (unpaired) electrons. The first-order chi connectivity index (χ1) is 15.6. The molecule has 2 amide bonds. The molecule has 0 fully saturated rings. The average molecular weight is 431 g/mol. The van der Waals surface area contributed by atoms with Crippen molar-refractivity contribution in [2.45, 2.75) is 39.0 Å². The zero-order valence-corrected chi connectivity index (χ0v) is 18.5. The highest BCUT2D eigenvalue weighted by Gasteiger charge is 2.08. The van der Waals surface area contributed by atoms with Gasteiger partial charge in [0.05, 0.1) is 6.61 Å². The number of amides is 2. The molecule has 2 N–H and O–H groups in total. The fraction of sp³-hybridized carbons (Fsp3) is 0.259. The Morgan fingerprint density at radius 3 is 2.25 bits per heavy atom. The van der Waals surface area contributed by atoms with Crippen molar-refractivity contribution in [1.82, 2.24) is 0 Å². The van der Waals surface area contributed by atoms with E-state index in [-0.39, 0.29) is 11.8 Å². The Morgan fingerprint density at radius 2 is 1.53 bits per heavy atom. The maximum absolute atomic E-state index is 12.6. The van der Waals surface area contributed by atoms with Crippen molar-refractivity contribution >= 4 is 23.2 Å². The van der Waals surface area contributed by atoms with Crippen LogP contribution in [0.15, 0.2) is 78.9 Å². The highest BCUT2D eigenvalue weighted by atomic mass is 16.5. The number of ether oxygens (including phenoxy) is 1. The number of hydrogen-bond acceptors (Lipinski definition) is 3. The summed E-state index contributed by atoms with van der Waals surface area (Å²) in [5.74, 6) is 0.502. The van der Waals surface area contributed by atoms with Crippen molar-refractivity contribution in [2.24, 2.45) is 0 Å². The minimum absolute atomic E-state index is 0.00946. The lowest BCUT2D eigenvalue weighted by Crippen LogP contribution is -2.13. The number of nitrogens with one attached hydrogen (secondary N) is 2. The summed E-state index contributed by atoms with van der Waals surface area (Å²) in [6.45, 7) is 2.68. The fourth-order valence-electron chi connectivity index (χ4n) is 3.27. The van der Waals surface area contributed by atoms with Crippen LogP contribution in [0.5, 0.6) is 5.75 Å². The third-order valence-corrected chi connectivity index (χ3v) is 5.03. The Bertz CT molecular complexity index is 1000. The maximum atomic E-state index is 12.6. The molecule has 3 aromatic rings. The third kappa shape index (κ3) is 7.58. The van der Waals surface area contributed by atoms with Crippen LogP contribution < -0.4 is 15.4 Å². The summed E-state index contributed by atoms with van der Waals surface area (Å²) in [6, 6.07) is 24.4. The lowest BCUT2D eigenvalue weighted by molar-refractivity contribution is -0.116. The predicted octanol–water partition coefficient (Wildman–Crippen LogP) is 6.08. The zero-order chi connectivity index (χ0) is 22.6. The summed E-state index contributed by atoms with van der Waals surface area (Å²) in [6.07, 6.45) is 4.33. The molecule has 32 heavy (non-hydrogen) atoms. The van der Waals surface area contributed by atoms with Gasteiger partial charge in [0, 0.05) is 29.8 Å². The van der Waals surface area contributed by atoms with Crippen LogP contribution in [0.25, 0.3) is 0 Å². The smallest absolute Gasteiger partial charge is 0.255 e. The Morgan fingerprint density at radius 1 is 0.812 bits per heavy atom. The fourth-order valence-corrected chi connectivity index (χ4v) is 3.27. The molecule has 0 aromatic heterocycles. The van der Waals surface area contributed by atoms with Gasteiger partial charge < -0.3 is 15.4 Å². The summed E-state index contributed by atoms with van der Waals surface area (Å²) in [5.41, 5.74) is 3.06.